The van der Waals surface area contributed by atoms with Crippen LogP contribution < -0.4 is 20.3 Å². The Morgan fingerprint density at radius 2 is 1.79 bits per heavy atom. The molecule has 1 heterocycles. The van der Waals surface area contributed by atoms with E-state index in [0.717, 1.165) is 0 Å². The van der Waals surface area contributed by atoms with E-state index >= 15 is 0 Å². The predicted molar refractivity (Wildman–Crippen MR) is 104 cm³/mol. The summed E-state index contributed by atoms with van der Waals surface area (Å²) in [6.07, 6.45) is -0.873. The van der Waals surface area contributed by atoms with Gasteiger partial charge in [0.2, 0.25) is 0 Å². The van der Waals surface area contributed by atoms with Crippen molar-refractivity contribution in [1.29, 1.82) is 0 Å². The first-order chi connectivity index (χ1) is 13.9. The molecule has 0 saturated heterocycles. The van der Waals surface area contributed by atoms with Crippen molar-refractivity contribution >= 4 is 22.8 Å². The van der Waals surface area contributed by atoms with Gasteiger partial charge in [-0.05, 0) is 51.1 Å². The van der Waals surface area contributed by atoms with Crippen LogP contribution in [0.15, 0.2) is 46.9 Å². The molecule has 3 aromatic rings. The average molecular weight is 400 g/mol. The molecule has 0 spiro atoms. The topological polar surface area (TPSA) is 89.8 Å². The second-order valence-corrected chi connectivity index (χ2v) is 6.28. The number of carbonyl (C=O) groups is 2. The third kappa shape index (κ3) is 4.48. The number of benzene rings is 2. The molecule has 0 fully saturated rings. The molecular formula is C21H21FN2O5. The summed E-state index contributed by atoms with van der Waals surface area (Å²) >= 11 is 0. The largest absolute Gasteiger partial charge is 0.494 e. The number of ether oxygens (including phenoxy) is 2. The summed E-state index contributed by atoms with van der Waals surface area (Å²) in [6, 6.07) is 11.3. The molecule has 3 rings (SSSR count). The van der Waals surface area contributed by atoms with Crippen molar-refractivity contribution in [2.24, 2.45) is 0 Å². The van der Waals surface area contributed by atoms with E-state index in [4.69, 9.17) is 13.9 Å². The molecule has 8 heteroatoms. The van der Waals surface area contributed by atoms with Gasteiger partial charge in [0.05, 0.1) is 6.61 Å². The number of hydrogen-bond donors (Lipinski definition) is 2. The highest BCUT2D eigenvalue weighted by Crippen LogP contribution is 2.27. The van der Waals surface area contributed by atoms with E-state index < -0.39 is 23.7 Å². The third-order valence-electron chi connectivity index (χ3n) is 4.24. The van der Waals surface area contributed by atoms with Crippen LogP contribution in [0, 0.1) is 12.7 Å². The Bertz CT molecular complexity index is 1030. The van der Waals surface area contributed by atoms with Gasteiger partial charge in [-0.25, -0.2) is 4.39 Å². The number of halogens is 1. The van der Waals surface area contributed by atoms with Gasteiger partial charge < -0.3 is 13.9 Å². The second kappa shape index (κ2) is 8.64. The van der Waals surface area contributed by atoms with Crippen molar-refractivity contribution in [2.45, 2.75) is 26.9 Å². The Kier molecular flexibility index (Phi) is 6.01. The number of hydrogen-bond acceptors (Lipinski definition) is 5. The summed E-state index contributed by atoms with van der Waals surface area (Å²) in [5, 5.41) is 0.494. The van der Waals surface area contributed by atoms with E-state index in [9.17, 15) is 14.0 Å². The molecule has 0 bridgehead atoms. The van der Waals surface area contributed by atoms with Crippen LogP contribution in [0.4, 0.5) is 4.39 Å². The van der Waals surface area contributed by atoms with Gasteiger partial charge in [0.25, 0.3) is 5.91 Å². The number of furan rings is 1. The summed E-state index contributed by atoms with van der Waals surface area (Å²) in [6.45, 7) is 5.62. The Balaban J connectivity index is 1.59. The first-order valence-electron chi connectivity index (χ1n) is 9.08. The molecule has 2 aromatic carbocycles. The van der Waals surface area contributed by atoms with Crippen LogP contribution in [-0.2, 0) is 4.79 Å². The summed E-state index contributed by atoms with van der Waals surface area (Å²) < 4.78 is 30.0. The molecule has 2 N–H and O–H groups in total. The van der Waals surface area contributed by atoms with E-state index in [1.807, 2.05) is 6.92 Å². The molecule has 7 nitrogen and oxygen atoms in total. The van der Waals surface area contributed by atoms with E-state index in [2.05, 4.69) is 10.9 Å². The maximum absolute atomic E-state index is 13.8. The summed E-state index contributed by atoms with van der Waals surface area (Å²) in [5.74, 6) is -0.726. The number of carbonyl (C=O) groups excluding carboxylic acids is 2. The zero-order valence-electron chi connectivity index (χ0n) is 16.2. The lowest BCUT2D eigenvalue weighted by molar-refractivity contribution is -0.128. The number of hydrazine groups is 1. The minimum atomic E-state index is -0.873. The normalized spacial score (nSPS) is 11.7. The van der Waals surface area contributed by atoms with Crippen LogP contribution in [-0.4, -0.2) is 24.5 Å². The molecule has 0 aliphatic carbocycles. The first kappa shape index (κ1) is 20.2. The summed E-state index contributed by atoms with van der Waals surface area (Å²) in [7, 11) is 0. The van der Waals surface area contributed by atoms with Crippen LogP contribution in [0.5, 0.6) is 11.5 Å². The molecule has 0 saturated carbocycles. The standard InChI is InChI=1S/C21H21FN2O5/c1-4-27-14-8-10-15(11-9-14)28-13(3)20(25)23-24-21(26)18-12(2)16-6-5-7-17(22)19(16)29-18/h5-11,13H,4H2,1-3H3,(H,23,25)(H,24,26)/t13-/m1/s1. The molecule has 1 atom stereocenters. The summed E-state index contributed by atoms with van der Waals surface area (Å²) in [4.78, 5) is 24.5. The maximum atomic E-state index is 13.8. The van der Waals surface area contributed by atoms with E-state index in [-0.39, 0.29) is 11.3 Å². The molecule has 152 valence electrons. The number of rotatable bonds is 6. The molecule has 2 amide bonds. The van der Waals surface area contributed by atoms with E-state index in [0.29, 0.717) is 29.1 Å². The van der Waals surface area contributed by atoms with Crippen LogP contribution in [0.2, 0.25) is 0 Å². The van der Waals surface area contributed by atoms with Gasteiger partial charge in [-0.1, -0.05) is 12.1 Å². The highest BCUT2D eigenvalue weighted by atomic mass is 19.1. The fourth-order valence-corrected chi connectivity index (χ4v) is 2.74. The van der Waals surface area contributed by atoms with Crippen molar-refractivity contribution in [3.63, 3.8) is 0 Å². The Morgan fingerprint density at radius 1 is 1.10 bits per heavy atom. The number of nitrogens with one attached hydrogen (secondary N) is 2. The lowest BCUT2D eigenvalue weighted by Gasteiger charge is -2.15. The van der Waals surface area contributed by atoms with Gasteiger partial charge in [-0.15, -0.1) is 0 Å². The highest BCUT2D eigenvalue weighted by molar-refractivity contribution is 5.99. The lowest BCUT2D eigenvalue weighted by Crippen LogP contribution is -2.47. The Hall–Kier alpha value is -3.55. The SMILES string of the molecule is CCOc1ccc(O[C@H](C)C(=O)NNC(=O)c2oc3c(F)cccc3c2C)cc1. The predicted octanol–water partition coefficient (Wildman–Crippen LogP) is 3.51. The number of amides is 2. The van der Waals surface area contributed by atoms with Gasteiger partial charge >= 0.3 is 5.91 Å². The number of para-hydroxylation sites is 1. The fourth-order valence-electron chi connectivity index (χ4n) is 2.74. The zero-order chi connectivity index (χ0) is 21.0. The molecule has 0 radical (unpaired) electrons. The quantitative estimate of drug-likeness (QED) is 0.618. The molecule has 1 aromatic heterocycles. The Morgan fingerprint density at radius 3 is 2.45 bits per heavy atom. The van der Waals surface area contributed by atoms with Gasteiger partial charge in [-0.3, -0.25) is 20.4 Å². The highest BCUT2D eigenvalue weighted by Gasteiger charge is 2.21. The lowest BCUT2D eigenvalue weighted by atomic mass is 10.1. The van der Waals surface area contributed by atoms with Crippen LogP contribution in [0.1, 0.15) is 30.0 Å². The van der Waals surface area contributed by atoms with E-state index in [1.54, 1.807) is 44.2 Å². The van der Waals surface area contributed by atoms with Crippen molar-refractivity contribution in [1.82, 2.24) is 10.9 Å². The monoisotopic (exact) mass is 400 g/mol. The minimum absolute atomic E-state index is 0.00585. The van der Waals surface area contributed by atoms with Crippen LogP contribution >= 0.6 is 0 Å². The minimum Gasteiger partial charge on any atom is -0.494 e. The first-order valence-corrected chi connectivity index (χ1v) is 9.08. The molecule has 0 aliphatic rings. The number of fused-ring (bicyclic) bond motifs is 1. The van der Waals surface area contributed by atoms with Crippen LogP contribution in [0.25, 0.3) is 11.0 Å². The maximum Gasteiger partial charge on any atom is 0.305 e. The fraction of sp³-hybridized carbons (Fsp3) is 0.238. The van der Waals surface area contributed by atoms with Gasteiger partial charge in [0, 0.05) is 10.9 Å². The zero-order valence-corrected chi connectivity index (χ0v) is 16.2. The average Bonchev–Trinajstić information content (AvgIpc) is 3.06. The van der Waals surface area contributed by atoms with Gasteiger partial charge in [-0.2, -0.15) is 0 Å². The second-order valence-electron chi connectivity index (χ2n) is 6.28. The molecular weight excluding hydrogens is 379 g/mol. The number of aryl methyl sites for hydroxylation is 1. The summed E-state index contributed by atoms with van der Waals surface area (Å²) in [5.41, 5.74) is 5.01. The Labute approximate surface area is 166 Å². The van der Waals surface area contributed by atoms with Crippen molar-refractivity contribution in [2.75, 3.05) is 6.61 Å². The smallest absolute Gasteiger partial charge is 0.305 e. The van der Waals surface area contributed by atoms with Gasteiger partial charge in [0.1, 0.15) is 11.5 Å². The third-order valence-corrected chi connectivity index (χ3v) is 4.24. The molecule has 0 unspecified atom stereocenters. The van der Waals surface area contributed by atoms with Crippen molar-refractivity contribution < 1.29 is 27.9 Å². The van der Waals surface area contributed by atoms with E-state index in [1.165, 1.54) is 12.1 Å². The molecule has 29 heavy (non-hydrogen) atoms. The van der Waals surface area contributed by atoms with Gasteiger partial charge in [0.15, 0.2) is 23.3 Å². The van der Waals surface area contributed by atoms with Crippen molar-refractivity contribution in [3.05, 3.63) is 59.6 Å². The van der Waals surface area contributed by atoms with Crippen molar-refractivity contribution in [3.8, 4) is 11.5 Å². The van der Waals surface area contributed by atoms with Crippen LogP contribution in [0.3, 0.4) is 0 Å². The molecule has 0 aliphatic heterocycles.